The number of benzene rings is 2. The zero-order chi connectivity index (χ0) is 28.7. The summed E-state index contributed by atoms with van der Waals surface area (Å²) in [5, 5.41) is 19.8. The fraction of sp³-hybridized carbons (Fsp3) is 0.370. The third-order valence-electron chi connectivity index (χ3n) is 5.82. The van der Waals surface area contributed by atoms with Crippen molar-refractivity contribution < 1.29 is 18.6 Å². The standard InChI is InChI=1S/C27H36F2N8O2/c1-8-11-30-19-14-20(22(39-7)15-21(19)37(6)13-12-36(4)5)34-26-32-16-31-25(35-26)33-18-10-9-17(28)24(29)23(18)27(2,3)38/h8-10,14-16,30,38H,1,11-13H2,2-7H3,(H2,31,32,33,34,35). The van der Waals surface area contributed by atoms with Gasteiger partial charge in [-0.2, -0.15) is 4.98 Å². The van der Waals surface area contributed by atoms with Gasteiger partial charge in [-0.1, -0.05) is 6.08 Å². The summed E-state index contributed by atoms with van der Waals surface area (Å²) in [7, 11) is 7.62. The van der Waals surface area contributed by atoms with Gasteiger partial charge in [0.2, 0.25) is 11.9 Å². The summed E-state index contributed by atoms with van der Waals surface area (Å²) in [4.78, 5) is 16.9. The van der Waals surface area contributed by atoms with Gasteiger partial charge < -0.3 is 35.6 Å². The van der Waals surface area contributed by atoms with Crippen LogP contribution >= 0.6 is 0 Å². The molecule has 0 spiro atoms. The summed E-state index contributed by atoms with van der Waals surface area (Å²) in [6, 6.07) is 6.09. The van der Waals surface area contributed by atoms with Crippen LogP contribution in [0.3, 0.4) is 0 Å². The second-order valence-electron chi connectivity index (χ2n) is 9.69. The lowest BCUT2D eigenvalue weighted by atomic mass is 9.95. The Morgan fingerprint density at radius 1 is 1.03 bits per heavy atom. The Balaban J connectivity index is 1.94. The number of nitrogens with one attached hydrogen (secondary N) is 3. The molecule has 0 aliphatic rings. The highest BCUT2D eigenvalue weighted by Gasteiger charge is 2.27. The molecule has 0 aliphatic carbocycles. The molecule has 210 valence electrons. The molecule has 0 aliphatic heterocycles. The molecule has 10 nitrogen and oxygen atoms in total. The molecule has 0 saturated heterocycles. The Bertz CT molecular complexity index is 1300. The molecule has 0 fully saturated rings. The summed E-state index contributed by atoms with van der Waals surface area (Å²) in [5.41, 5.74) is 0.603. The molecule has 0 amide bonds. The number of hydrogen-bond acceptors (Lipinski definition) is 10. The van der Waals surface area contributed by atoms with Crippen LogP contribution < -0.4 is 25.6 Å². The number of methoxy groups -OCH3 is 1. The van der Waals surface area contributed by atoms with Gasteiger partial charge >= 0.3 is 0 Å². The van der Waals surface area contributed by atoms with Crippen molar-refractivity contribution in [3.05, 3.63) is 60.4 Å². The van der Waals surface area contributed by atoms with Gasteiger partial charge in [0.1, 0.15) is 12.1 Å². The van der Waals surface area contributed by atoms with Crippen molar-refractivity contribution in [3.8, 4) is 5.75 Å². The lowest BCUT2D eigenvalue weighted by molar-refractivity contribution is 0.0745. The Morgan fingerprint density at radius 3 is 2.28 bits per heavy atom. The number of anilines is 6. The van der Waals surface area contributed by atoms with Crippen LogP contribution in [0.1, 0.15) is 19.4 Å². The Labute approximate surface area is 227 Å². The van der Waals surface area contributed by atoms with Gasteiger partial charge in [0.05, 0.1) is 35.5 Å². The molecular weight excluding hydrogens is 506 g/mol. The highest BCUT2D eigenvalue weighted by atomic mass is 19.2. The Morgan fingerprint density at radius 2 is 1.69 bits per heavy atom. The van der Waals surface area contributed by atoms with E-state index in [-0.39, 0.29) is 23.1 Å². The smallest absolute Gasteiger partial charge is 0.232 e. The van der Waals surface area contributed by atoms with Crippen LogP contribution in [0.4, 0.5) is 43.4 Å². The van der Waals surface area contributed by atoms with E-state index >= 15 is 0 Å². The number of halogens is 2. The first kappa shape index (κ1) is 29.5. The number of ether oxygens (including phenoxy) is 1. The van der Waals surface area contributed by atoms with Crippen LogP contribution in [-0.4, -0.2) is 72.8 Å². The van der Waals surface area contributed by atoms with E-state index in [2.05, 4.69) is 47.3 Å². The summed E-state index contributed by atoms with van der Waals surface area (Å²) >= 11 is 0. The number of likely N-dealkylation sites (N-methyl/N-ethyl adjacent to an activating group) is 2. The maximum absolute atomic E-state index is 14.5. The molecule has 1 aromatic heterocycles. The summed E-state index contributed by atoms with van der Waals surface area (Å²) in [5.74, 6) is -1.42. The third-order valence-corrected chi connectivity index (χ3v) is 5.82. The maximum atomic E-state index is 14.5. The quantitative estimate of drug-likeness (QED) is 0.231. The fourth-order valence-electron chi connectivity index (χ4n) is 3.86. The molecule has 0 bridgehead atoms. The highest BCUT2D eigenvalue weighted by molar-refractivity contribution is 5.80. The van der Waals surface area contributed by atoms with E-state index in [1.807, 2.05) is 33.3 Å². The lowest BCUT2D eigenvalue weighted by Gasteiger charge is -2.26. The molecule has 12 heteroatoms. The van der Waals surface area contributed by atoms with Crippen LogP contribution in [0.5, 0.6) is 5.75 Å². The Hall–Kier alpha value is -4.03. The largest absolute Gasteiger partial charge is 0.494 e. The molecule has 39 heavy (non-hydrogen) atoms. The van der Waals surface area contributed by atoms with Crippen LogP contribution in [0.15, 0.2) is 43.2 Å². The van der Waals surface area contributed by atoms with Crippen molar-refractivity contribution in [2.75, 3.05) is 68.7 Å². The number of hydrogen-bond donors (Lipinski definition) is 4. The number of aromatic nitrogens is 3. The average molecular weight is 543 g/mol. The van der Waals surface area contributed by atoms with Crippen molar-refractivity contribution >= 4 is 34.6 Å². The molecule has 4 N–H and O–H groups in total. The van der Waals surface area contributed by atoms with Crippen molar-refractivity contribution in [2.45, 2.75) is 19.4 Å². The third kappa shape index (κ3) is 7.52. The first-order chi connectivity index (χ1) is 18.4. The topological polar surface area (TPSA) is 111 Å². The number of nitrogens with zero attached hydrogens (tertiary/aromatic N) is 5. The van der Waals surface area contributed by atoms with Gasteiger partial charge in [0.25, 0.3) is 0 Å². The summed E-state index contributed by atoms with van der Waals surface area (Å²) < 4.78 is 34.1. The van der Waals surface area contributed by atoms with Crippen molar-refractivity contribution in [1.29, 1.82) is 0 Å². The van der Waals surface area contributed by atoms with E-state index in [0.717, 1.165) is 30.5 Å². The van der Waals surface area contributed by atoms with Crippen LogP contribution in [0, 0.1) is 11.6 Å². The van der Waals surface area contributed by atoms with Crippen molar-refractivity contribution in [2.24, 2.45) is 0 Å². The second kappa shape index (κ2) is 12.7. The minimum Gasteiger partial charge on any atom is -0.494 e. The van der Waals surface area contributed by atoms with Gasteiger partial charge in [0.15, 0.2) is 11.6 Å². The Kier molecular flexibility index (Phi) is 9.60. The zero-order valence-corrected chi connectivity index (χ0v) is 23.1. The maximum Gasteiger partial charge on any atom is 0.232 e. The molecular formula is C27H36F2N8O2. The van der Waals surface area contributed by atoms with E-state index in [9.17, 15) is 13.9 Å². The normalized spacial score (nSPS) is 11.3. The average Bonchev–Trinajstić information content (AvgIpc) is 2.87. The molecule has 2 aromatic carbocycles. The molecule has 0 unspecified atom stereocenters. The number of aliphatic hydroxyl groups is 1. The predicted octanol–water partition coefficient (Wildman–Crippen LogP) is 4.47. The van der Waals surface area contributed by atoms with Crippen LogP contribution in [0.25, 0.3) is 0 Å². The molecule has 0 radical (unpaired) electrons. The zero-order valence-electron chi connectivity index (χ0n) is 23.1. The monoisotopic (exact) mass is 542 g/mol. The van der Waals surface area contributed by atoms with Gasteiger partial charge in [-0.3, -0.25) is 0 Å². The van der Waals surface area contributed by atoms with Gasteiger partial charge in [0, 0.05) is 38.3 Å². The SMILES string of the molecule is C=CCNc1cc(Nc2ncnc(Nc3ccc(F)c(F)c3C(C)(C)O)n2)c(OC)cc1N(C)CCN(C)C. The molecule has 1 heterocycles. The van der Waals surface area contributed by atoms with Gasteiger partial charge in [-0.15, -0.1) is 6.58 Å². The number of rotatable bonds is 13. The fourth-order valence-corrected chi connectivity index (χ4v) is 3.86. The van der Waals surface area contributed by atoms with Crippen molar-refractivity contribution in [3.63, 3.8) is 0 Å². The van der Waals surface area contributed by atoms with Crippen LogP contribution in [0.2, 0.25) is 0 Å². The minimum atomic E-state index is -1.66. The van der Waals surface area contributed by atoms with Crippen molar-refractivity contribution in [1.82, 2.24) is 19.9 Å². The molecule has 3 rings (SSSR count). The summed E-state index contributed by atoms with van der Waals surface area (Å²) in [6.07, 6.45) is 3.04. The van der Waals surface area contributed by atoms with E-state index in [1.165, 1.54) is 26.2 Å². The minimum absolute atomic E-state index is 0.0630. The molecule has 3 aromatic rings. The first-order valence-corrected chi connectivity index (χ1v) is 12.3. The first-order valence-electron chi connectivity index (χ1n) is 12.3. The van der Waals surface area contributed by atoms with Gasteiger partial charge in [-0.25, -0.2) is 18.7 Å². The van der Waals surface area contributed by atoms with E-state index in [4.69, 9.17) is 4.74 Å². The van der Waals surface area contributed by atoms with E-state index in [0.29, 0.717) is 18.0 Å². The molecule has 0 atom stereocenters. The molecule has 0 saturated carbocycles. The highest BCUT2D eigenvalue weighted by Crippen LogP contribution is 2.38. The lowest BCUT2D eigenvalue weighted by Crippen LogP contribution is -2.29. The van der Waals surface area contributed by atoms with Gasteiger partial charge in [-0.05, 0) is 46.1 Å². The predicted molar refractivity (Wildman–Crippen MR) is 151 cm³/mol. The second-order valence-corrected chi connectivity index (χ2v) is 9.69. The van der Waals surface area contributed by atoms with E-state index in [1.54, 1.807) is 13.2 Å². The summed E-state index contributed by atoms with van der Waals surface area (Å²) in [6.45, 7) is 8.74. The van der Waals surface area contributed by atoms with E-state index < -0.39 is 17.2 Å². The van der Waals surface area contributed by atoms with Crippen LogP contribution in [-0.2, 0) is 5.60 Å².